The first-order valence-corrected chi connectivity index (χ1v) is 5.82. The molecule has 1 unspecified atom stereocenters. The van der Waals surface area contributed by atoms with Crippen molar-refractivity contribution in [2.75, 3.05) is 32.1 Å². The number of aromatic carboxylic acids is 1. The molecule has 0 spiro atoms. The van der Waals surface area contributed by atoms with E-state index in [1.165, 1.54) is 6.07 Å². The van der Waals surface area contributed by atoms with E-state index >= 15 is 0 Å². The highest BCUT2D eigenvalue weighted by atomic mass is 16.4. The van der Waals surface area contributed by atoms with Crippen LogP contribution in [0.5, 0.6) is 0 Å². The minimum atomic E-state index is -1.01. The fourth-order valence-corrected chi connectivity index (χ4v) is 2.33. The molecule has 0 aromatic carbocycles. The van der Waals surface area contributed by atoms with Gasteiger partial charge in [0.15, 0.2) is 5.88 Å². The molecule has 5 heteroatoms. The molecule has 1 aliphatic heterocycles. The molecule has 0 aliphatic carbocycles. The Labute approximate surface area is 101 Å². The van der Waals surface area contributed by atoms with Gasteiger partial charge in [-0.3, -0.25) is 0 Å². The summed E-state index contributed by atoms with van der Waals surface area (Å²) in [5, 5.41) is 8.83. The van der Waals surface area contributed by atoms with Gasteiger partial charge in [-0.15, -0.1) is 0 Å². The highest BCUT2D eigenvalue weighted by Gasteiger charge is 2.27. The van der Waals surface area contributed by atoms with Crippen LogP contribution >= 0.6 is 0 Å². The Morgan fingerprint density at radius 2 is 2.35 bits per heavy atom. The average Bonchev–Trinajstić information content (AvgIpc) is 2.83. The molecular weight excluding hydrogens is 220 g/mol. The highest BCUT2D eigenvalue weighted by Crippen LogP contribution is 2.27. The van der Waals surface area contributed by atoms with Crippen molar-refractivity contribution in [2.24, 2.45) is 0 Å². The third-order valence-electron chi connectivity index (χ3n) is 3.04. The zero-order chi connectivity index (χ0) is 12.4. The van der Waals surface area contributed by atoms with Crippen LogP contribution in [0.25, 0.3) is 0 Å². The van der Waals surface area contributed by atoms with Crippen molar-refractivity contribution in [2.45, 2.75) is 18.9 Å². The van der Waals surface area contributed by atoms with Crippen LogP contribution in [0.2, 0.25) is 0 Å². The topological polar surface area (TPSA) is 56.9 Å². The van der Waals surface area contributed by atoms with E-state index in [-0.39, 0.29) is 5.76 Å². The minimum absolute atomic E-state index is 0.00973. The molecule has 94 valence electrons. The molecule has 0 amide bonds. The molecule has 2 heterocycles. The maximum atomic E-state index is 10.8. The summed E-state index contributed by atoms with van der Waals surface area (Å²) in [5.41, 5.74) is 0. The molecule has 1 fully saturated rings. The zero-order valence-corrected chi connectivity index (χ0v) is 10.2. The number of nitrogens with zero attached hydrogens (tertiary/aromatic N) is 2. The molecule has 1 aliphatic rings. The van der Waals surface area contributed by atoms with Crippen molar-refractivity contribution in [3.05, 3.63) is 17.9 Å². The Bertz CT molecular complexity index is 400. The number of anilines is 1. The van der Waals surface area contributed by atoms with Gasteiger partial charge < -0.3 is 19.3 Å². The first-order valence-electron chi connectivity index (χ1n) is 5.82. The summed E-state index contributed by atoms with van der Waals surface area (Å²) < 4.78 is 5.35. The van der Waals surface area contributed by atoms with Crippen molar-refractivity contribution in [3.8, 4) is 0 Å². The van der Waals surface area contributed by atoms with Gasteiger partial charge in [0.1, 0.15) is 0 Å². The fourth-order valence-electron chi connectivity index (χ4n) is 2.33. The van der Waals surface area contributed by atoms with Crippen LogP contribution in [0.15, 0.2) is 16.5 Å². The maximum Gasteiger partial charge on any atom is 0.371 e. The van der Waals surface area contributed by atoms with Crippen molar-refractivity contribution >= 4 is 11.9 Å². The lowest BCUT2D eigenvalue weighted by Crippen LogP contribution is -2.37. The number of hydrogen-bond acceptors (Lipinski definition) is 4. The van der Waals surface area contributed by atoms with Gasteiger partial charge in [-0.2, -0.15) is 0 Å². The van der Waals surface area contributed by atoms with E-state index in [0.29, 0.717) is 11.9 Å². The predicted octanol–water partition coefficient (Wildman–Crippen LogP) is 1.51. The van der Waals surface area contributed by atoms with Crippen molar-refractivity contribution in [1.82, 2.24) is 4.90 Å². The number of carbonyl (C=O) groups is 1. The Hall–Kier alpha value is -1.49. The van der Waals surface area contributed by atoms with E-state index in [2.05, 4.69) is 9.80 Å². The molecule has 0 radical (unpaired) electrons. The first kappa shape index (κ1) is 12.0. The summed E-state index contributed by atoms with van der Waals surface area (Å²) in [6, 6.07) is 3.68. The SMILES string of the molecule is CN(C)CC1CCCN1c1ccc(C(=O)O)o1. The summed E-state index contributed by atoms with van der Waals surface area (Å²) >= 11 is 0. The Morgan fingerprint density at radius 3 is 2.94 bits per heavy atom. The van der Waals surface area contributed by atoms with Crippen LogP contribution < -0.4 is 4.90 Å². The Kier molecular flexibility index (Phi) is 3.38. The molecule has 1 N–H and O–H groups in total. The summed E-state index contributed by atoms with van der Waals surface area (Å²) in [7, 11) is 4.09. The summed E-state index contributed by atoms with van der Waals surface area (Å²) in [4.78, 5) is 15.1. The van der Waals surface area contributed by atoms with Crippen molar-refractivity contribution in [3.63, 3.8) is 0 Å². The van der Waals surface area contributed by atoms with E-state index in [9.17, 15) is 4.79 Å². The maximum absolute atomic E-state index is 10.8. The van der Waals surface area contributed by atoms with E-state index in [1.54, 1.807) is 6.07 Å². The number of carboxylic acid groups (broad SMARTS) is 1. The largest absolute Gasteiger partial charge is 0.475 e. The fraction of sp³-hybridized carbons (Fsp3) is 0.583. The zero-order valence-electron chi connectivity index (χ0n) is 10.2. The number of rotatable bonds is 4. The van der Waals surface area contributed by atoms with Gasteiger partial charge >= 0.3 is 5.97 Å². The predicted molar refractivity (Wildman–Crippen MR) is 64.6 cm³/mol. The highest BCUT2D eigenvalue weighted by molar-refractivity contribution is 5.84. The van der Waals surface area contributed by atoms with Gasteiger partial charge in [0.2, 0.25) is 5.76 Å². The summed E-state index contributed by atoms with van der Waals surface area (Å²) in [6.45, 7) is 1.90. The molecule has 17 heavy (non-hydrogen) atoms. The second-order valence-electron chi connectivity index (χ2n) is 4.69. The normalized spacial score (nSPS) is 20.2. The van der Waals surface area contributed by atoms with Crippen molar-refractivity contribution < 1.29 is 14.3 Å². The van der Waals surface area contributed by atoms with E-state index in [4.69, 9.17) is 9.52 Å². The van der Waals surface area contributed by atoms with Crippen molar-refractivity contribution in [1.29, 1.82) is 0 Å². The molecule has 0 saturated carbocycles. The van der Waals surface area contributed by atoms with Crippen LogP contribution in [0.4, 0.5) is 5.88 Å². The van der Waals surface area contributed by atoms with E-state index < -0.39 is 5.97 Å². The molecule has 1 aromatic rings. The van der Waals surface area contributed by atoms with E-state index in [1.807, 2.05) is 14.1 Å². The van der Waals surface area contributed by atoms with Gasteiger partial charge in [-0.05, 0) is 33.0 Å². The number of furan rings is 1. The second kappa shape index (κ2) is 4.79. The first-order chi connectivity index (χ1) is 8.08. The Balaban J connectivity index is 2.11. The van der Waals surface area contributed by atoms with Crippen LogP contribution in [-0.2, 0) is 0 Å². The summed E-state index contributed by atoms with van der Waals surface area (Å²) in [6.07, 6.45) is 2.25. The quantitative estimate of drug-likeness (QED) is 0.861. The molecule has 1 aromatic heterocycles. The smallest absolute Gasteiger partial charge is 0.371 e. The number of hydrogen-bond donors (Lipinski definition) is 1. The molecule has 2 rings (SSSR count). The van der Waals surface area contributed by atoms with Crippen LogP contribution in [0.1, 0.15) is 23.4 Å². The lowest BCUT2D eigenvalue weighted by molar-refractivity contribution is 0.0663. The van der Waals surface area contributed by atoms with Gasteiger partial charge in [0.05, 0.1) is 0 Å². The van der Waals surface area contributed by atoms with Gasteiger partial charge in [-0.1, -0.05) is 0 Å². The number of carboxylic acids is 1. The lowest BCUT2D eigenvalue weighted by Gasteiger charge is -2.26. The van der Waals surface area contributed by atoms with Gasteiger partial charge in [-0.25, -0.2) is 4.79 Å². The average molecular weight is 238 g/mol. The standard InChI is InChI=1S/C12H18N2O3/c1-13(2)8-9-4-3-7-14(9)11-6-5-10(17-11)12(15)16/h5-6,9H,3-4,7-8H2,1-2H3,(H,15,16). The molecular formula is C12H18N2O3. The second-order valence-corrected chi connectivity index (χ2v) is 4.69. The summed E-state index contributed by atoms with van der Waals surface area (Å²) in [5.74, 6) is -0.332. The van der Waals surface area contributed by atoms with Crippen LogP contribution in [0.3, 0.4) is 0 Å². The molecule has 5 nitrogen and oxygen atoms in total. The Morgan fingerprint density at radius 1 is 1.59 bits per heavy atom. The minimum Gasteiger partial charge on any atom is -0.475 e. The van der Waals surface area contributed by atoms with Gasteiger partial charge in [0.25, 0.3) is 0 Å². The molecule has 1 atom stereocenters. The van der Waals surface area contributed by atoms with Crippen LogP contribution in [-0.4, -0.2) is 49.2 Å². The monoisotopic (exact) mass is 238 g/mol. The molecule has 0 bridgehead atoms. The van der Waals surface area contributed by atoms with Gasteiger partial charge in [0, 0.05) is 25.2 Å². The molecule has 1 saturated heterocycles. The van der Waals surface area contributed by atoms with E-state index in [0.717, 1.165) is 25.9 Å². The third-order valence-corrected chi connectivity index (χ3v) is 3.04. The third kappa shape index (κ3) is 2.61. The number of likely N-dealkylation sites (N-methyl/N-ethyl adjacent to an activating group) is 1. The lowest BCUT2D eigenvalue weighted by atomic mass is 10.2. The van der Waals surface area contributed by atoms with Crippen LogP contribution in [0, 0.1) is 0 Å².